The van der Waals surface area contributed by atoms with E-state index in [1.54, 1.807) is 7.11 Å². The van der Waals surface area contributed by atoms with E-state index < -0.39 is 0 Å². The first-order valence-electron chi connectivity index (χ1n) is 5.31. The molecule has 1 aromatic rings. The standard InChI is InChI=1S/C12H17NO2/c1-15-11-5-2-4-10(8-11)12(9-14)6-3-7-13-12/h2,4-5,8,13-14H,3,6-7,9H2,1H3. The molecule has 1 atom stereocenters. The molecule has 15 heavy (non-hydrogen) atoms. The molecule has 1 fully saturated rings. The van der Waals surface area contributed by atoms with Gasteiger partial charge in [-0.25, -0.2) is 0 Å². The van der Waals surface area contributed by atoms with Crippen molar-refractivity contribution in [1.29, 1.82) is 0 Å². The summed E-state index contributed by atoms with van der Waals surface area (Å²) in [7, 11) is 1.66. The van der Waals surface area contributed by atoms with E-state index in [-0.39, 0.29) is 12.1 Å². The van der Waals surface area contributed by atoms with Crippen LogP contribution in [-0.2, 0) is 5.54 Å². The van der Waals surface area contributed by atoms with Gasteiger partial charge in [0.2, 0.25) is 0 Å². The molecular formula is C12H17NO2. The van der Waals surface area contributed by atoms with Gasteiger partial charge in [-0.05, 0) is 37.1 Å². The fourth-order valence-electron chi connectivity index (χ4n) is 2.20. The SMILES string of the molecule is COc1cccc(C2(CO)CCCN2)c1. The molecule has 1 heterocycles. The fraction of sp³-hybridized carbons (Fsp3) is 0.500. The first kappa shape index (κ1) is 10.5. The number of nitrogens with one attached hydrogen (secondary N) is 1. The monoisotopic (exact) mass is 207 g/mol. The van der Waals surface area contributed by atoms with Crippen LogP contribution in [0.4, 0.5) is 0 Å². The molecule has 0 bridgehead atoms. The normalized spacial score (nSPS) is 25.5. The zero-order chi connectivity index (χ0) is 10.7. The van der Waals surface area contributed by atoms with Crippen LogP contribution < -0.4 is 10.1 Å². The first-order chi connectivity index (χ1) is 7.30. The maximum Gasteiger partial charge on any atom is 0.119 e. The summed E-state index contributed by atoms with van der Waals surface area (Å²) < 4.78 is 5.19. The summed E-state index contributed by atoms with van der Waals surface area (Å²) in [6.45, 7) is 1.11. The second kappa shape index (κ2) is 4.21. The maximum absolute atomic E-state index is 9.53. The van der Waals surface area contributed by atoms with Gasteiger partial charge in [0.05, 0.1) is 19.3 Å². The quantitative estimate of drug-likeness (QED) is 0.784. The predicted molar refractivity (Wildman–Crippen MR) is 59.0 cm³/mol. The van der Waals surface area contributed by atoms with Crippen molar-refractivity contribution in [3.63, 3.8) is 0 Å². The largest absolute Gasteiger partial charge is 0.497 e. The van der Waals surface area contributed by atoms with Crippen molar-refractivity contribution >= 4 is 0 Å². The molecule has 1 unspecified atom stereocenters. The van der Waals surface area contributed by atoms with Gasteiger partial charge in [-0.1, -0.05) is 12.1 Å². The molecule has 1 aromatic carbocycles. The lowest BCUT2D eigenvalue weighted by Crippen LogP contribution is -2.40. The number of hydrogen-bond donors (Lipinski definition) is 2. The molecule has 0 radical (unpaired) electrons. The van der Waals surface area contributed by atoms with Crippen LogP contribution in [0.15, 0.2) is 24.3 Å². The molecule has 0 aromatic heterocycles. The second-order valence-corrected chi connectivity index (χ2v) is 4.00. The molecular weight excluding hydrogens is 190 g/mol. The zero-order valence-electron chi connectivity index (χ0n) is 8.99. The molecule has 1 aliphatic heterocycles. The molecule has 2 rings (SSSR count). The topological polar surface area (TPSA) is 41.5 Å². The Kier molecular flexibility index (Phi) is 2.93. The van der Waals surface area contributed by atoms with Crippen molar-refractivity contribution in [1.82, 2.24) is 5.32 Å². The number of rotatable bonds is 3. The Morgan fingerprint density at radius 2 is 2.40 bits per heavy atom. The van der Waals surface area contributed by atoms with Crippen molar-refractivity contribution in [3.8, 4) is 5.75 Å². The summed E-state index contributed by atoms with van der Waals surface area (Å²) in [5.41, 5.74) is 0.857. The van der Waals surface area contributed by atoms with Gasteiger partial charge in [0.15, 0.2) is 0 Å². The summed E-state index contributed by atoms with van der Waals surface area (Å²) >= 11 is 0. The van der Waals surface area contributed by atoms with Crippen molar-refractivity contribution < 1.29 is 9.84 Å². The average molecular weight is 207 g/mol. The number of aliphatic hydroxyl groups excluding tert-OH is 1. The molecule has 3 heteroatoms. The molecule has 82 valence electrons. The lowest BCUT2D eigenvalue weighted by Gasteiger charge is -2.28. The Labute approximate surface area is 90.1 Å². The highest BCUT2D eigenvalue weighted by Gasteiger charge is 2.34. The Morgan fingerprint density at radius 3 is 3.00 bits per heavy atom. The third-order valence-corrected chi connectivity index (χ3v) is 3.14. The minimum absolute atomic E-state index is 0.139. The lowest BCUT2D eigenvalue weighted by molar-refractivity contribution is 0.178. The van der Waals surface area contributed by atoms with Gasteiger partial charge >= 0.3 is 0 Å². The molecule has 1 saturated heterocycles. The highest BCUT2D eigenvalue weighted by molar-refractivity contribution is 5.34. The number of methoxy groups -OCH3 is 1. The van der Waals surface area contributed by atoms with Gasteiger partial charge in [-0.15, -0.1) is 0 Å². The average Bonchev–Trinajstić information content (AvgIpc) is 2.79. The molecule has 0 saturated carbocycles. The molecule has 0 spiro atoms. The van der Waals surface area contributed by atoms with Crippen LogP contribution in [0.3, 0.4) is 0 Å². The van der Waals surface area contributed by atoms with E-state index in [1.165, 1.54) is 0 Å². The summed E-state index contributed by atoms with van der Waals surface area (Å²) in [6, 6.07) is 7.92. The predicted octanol–water partition coefficient (Wildman–Crippen LogP) is 1.27. The van der Waals surface area contributed by atoms with Gasteiger partial charge in [0, 0.05) is 0 Å². The Morgan fingerprint density at radius 1 is 1.53 bits per heavy atom. The molecule has 1 aliphatic rings. The molecule has 0 aliphatic carbocycles. The van der Waals surface area contributed by atoms with E-state index in [0.29, 0.717) is 0 Å². The second-order valence-electron chi connectivity index (χ2n) is 4.00. The van der Waals surface area contributed by atoms with E-state index >= 15 is 0 Å². The molecule has 0 amide bonds. The van der Waals surface area contributed by atoms with Crippen molar-refractivity contribution in [3.05, 3.63) is 29.8 Å². The summed E-state index contributed by atoms with van der Waals surface area (Å²) in [5, 5.41) is 12.9. The van der Waals surface area contributed by atoms with Crippen LogP contribution in [0.1, 0.15) is 18.4 Å². The maximum atomic E-state index is 9.53. The van der Waals surface area contributed by atoms with Gasteiger partial charge in [0.25, 0.3) is 0 Å². The first-order valence-corrected chi connectivity index (χ1v) is 5.31. The van der Waals surface area contributed by atoms with Crippen LogP contribution in [0.2, 0.25) is 0 Å². The number of ether oxygens (including phenoxy) is 1. The van der Waals surface area contributed by atoms with E-state index in [2.05, 4.69) is 5.32 Å². The summed E-state index contributed by atoms with van der Waals surface area (Å²) in [4.78, 5) is 0. The van der Waals surface area contributed by atoms with E-state index in [1.807, 2.05) is 24.3 Å². The summed E-state index contributed by atoms with van der Waals surface area (Å²) in [6.07, 6.45) is 2.09. The number of benzene rings is 1. The van der Waals surface area contributed by atoms with Crippen LogP contribution in [0, 0.1) is 0 Å². The Hall–Kier alpha value is -1.06. The van der Waals surface area contributed by atoms with E-state index in [9.17, 15) is 5.11 Å². The van der Waals surface area contributed by atoms with Crippen molar-refractivity contribution in [2.45, 2.75) is 18.4 Å². The van der Waals surface area contributed by atoms with Gasteiger partial charge < -0.3 is 15.2 Å². The minimum Gasteiger partial charge on any atom is -0.497 e. The van der Waals surface area contributed by atoms with Gasteiger partial charge in [0.1, 0.15) is 5.75 Å². The highest BCUT2D eigenvalue weighted by Crippen LogP contribution is 2.32. The van der Waals surface area contributed by atoms with Crippen LogP contribution >= 0.6 is 0 Å². The van der Waals surface area contributed by atoms with E-state index in [4.69, 9.17) is 4.74 Å². The van der Waals surface area contributed by atoms with Gasteiger partial charge in [-0.3, -0.25) is 0 Å². The van der Waals surface area contributed by atoms with Crippen LogP contribution in [0.5, 0.6) is 5.75 Å². The fourth-order valence-corrected chi connectivity index (χ4v) is 2.20. The highest BCUT2D eigenvalue weighted by atomic mass is 16.5. The lowest BCUT2D eigenvalue weighted by atomic mass is 9.89. The van der Waals surface area contributed by atoms with Crippen molar-refractivity contribution in [2.24, 2.45) is 0 Å². The van der Waals surface area contributed by atoms with Crippen molar-refractivity contribution in [2.75, 3.05) is 20.3 Å². The third-order valence-electron chi connectivity index (χ3n) is 3.14. The molecule has 2 N–H and O–H groups in total. The molecule has 3 nitrogen and oxygen atoms in total. The zero-order valence-corrected chi connectivity index (χ0v) is 8.99. The smallest absolute Gasteiger partial charge is 0.119 e. The number of aliphatic hydroxyl groups is 1. The van der Waals surface area contributed by atoms with Crippen LogP contribution in [0.25, 0.3) is 0 Å². The number of hydrogen-bond acceptors (Lipinski definition) is 3. The van der Waals surface area contributed by atoms with Crippen LogP contribution in [-0.4, -0.2) is 25.4 Å². The Balaban J connectivity index is 2.33. The van der Waals surface area contributed by atoms with E-state index in [0.717, 1.165) is 30.7 Å². The third kappa shape index (κ3) is 1.85. The summed E-state index contributed by atoms with van der Waals surface area (Å²) in [5.74, 6) is 0.842. The van der Waals surface area contributed by atoms with Gasteiger partial charge in [-0.2, -0.15) is 0 Å². The Bertz CT molecular complexity index is 332. The minimum atomic E-state index is -0.255.